The number of hydrogen-bond acceptors (Lipinski definition) is 5. The molecule has 0 bridgehead atoms. The highest BCUT2D eigenvalue weighted by atomic mass is 32.1. The Labute approximate surface area is 162 Å². The zero-order chi connectivity index (χ0) is 18.9. The van der Waals surface area contributed by atoms with Gasteiger partial charge in [0.1, 0.15) is 13.2 Å². The van der Waals surface area contributed by atoms with Crippen molar-refractivity contribution < 1.29 is 19.1 Å². The van der Waals surface area contributed by atoms with Crippen LogP contribution in [-0.4, -0.2) is 31.8 Å². The van der Waals surface area contributed by atoms with E-state index in [1.165, 1.54) is 0 Å². The Morgan fingerprint density at radius 1 is 1.15 bits per heavy atom. The molecular formula is C20H24N2O4S. The Kier molecular flexibility index (Phi) is 7.24. The number of ether oxygens (including phenoxy) is 2. The van der Waals surface area contributed by atoms with Crippen molar-refractivity contribution in [2.24, 2.45) is 5.92 Å². The molecule has 144 valence electrons. The summed E-state index contributed by atoms with van der Waals surface area (Å²) in [7, 11) is 0. The summed E-state index contributed by atoms with van der Waals surface area (Å²) >= 11 is 1.63. The molecule has 7 heteroatoms. The molecule has 1 aromatic heterocycles. The fourth-order valence-electron chi connectivity index (χ4n) is 3.09. The maximum Gasteiger partial charge on any atom is 0.407 e. The van der Waals surface area contributed by atoms with E-state index in [1.54, 1.807) is 11.3 Å². The second-order valence-corrected chi connectivity index (χ2v) is 7.40. The monoisotopic (exact) mass is 388 g/mol. The Balaban J connectivity index is 1.46. The second kappa shape index (κ2) is 10.1. The summed E-state index contributed by atoms with van der Waals surface area (Å²) in [5.74, 6) is 0.114. The second-order valence-electron chi connectivity index (χ2n) is 6.43. The van der Waals surface area contributed by atoms with Gasteiger partial charge in [-0.2, -0.15) is 0 Å². The molecule has 0 aliphatic carbocycles. The average molecular weight is 388 g/mol. The van der Waals surface area contributed by atoms with Gasteiger partial charge in [-0.15, -0.1) is 11.3 Å². The summed E-state index contributed by atoms with van der Waals surface area (Å²) in [5, 5.41) is 7.58. The van der Waals surface area contributed by atoms with E-state index in [9.17, 15) is 9.59 Å². The highest BCUT2D eigenvalue weighted by Gasteiger charge is 2.27. The highest BCUT2D eigenvalue weighted by Crippen LogP contribution is 2.32. The number of nitrogens with one attached hydrogen (secondary N) is 2. The van der Waals surface area contributed by atoms with E-state index in [-0.39, 0.29) is 25.1 Å². The Morgan fingerprint density at radius 3 is 2.63 bits per heavy atom. The van der Waals surface area contributed by atoms with Gasteiger partial charge in [0.05, 0.1) is 6.04 Å². The van der Waals surface area contributed by atoms with E-state index in [4.69, 9.17) is 9.47 Å². The van der Waals surface area contributed by atoms with Gasteiger partial charge in [0.25, 0.3) is 0 Å². The lowest BCUT2D eigenvalue weighted by atomic mass is 9.90. The van der Waals surface area contributed by atoms with Crippen LogP contribution in [0, 0.1) is 5.92 Å². The van der Waals surface area contributed by atoms with E-state index in [1.807, 2.05) is 47.8 Å². The molecule has 1 atom stereocenters. The molecule has 1 fully saturated rings. The smallest absolute Gasteiger partial charge is 0.407 e. The molecule has 2 aromatic rings. The molecule has 1 unspecified atom stereocenters. The molecule has 1 saturated heterocycles. The first-order chi connectivity index (χ1) is 13.2. The van der Waals surface area contributed by atoms with Crippen LogP contribution in [0.4, 0.5) is 4.79 Å². The first-order valence-electron chi connectivity index (χ1n) is 9.07. The summed E-state index contributed by atoms with van der Waals surface area (Å²) < 4.78 is 10.6. The SMILES string of the molecule is O=C(CNC(=O)OCc1ccccc1)NC(c1cccs1)C1CCOCC1. The van der Waals surface area contributed by atoms with Crippen LogP contribution in [0.3, 0.4) is 0 Å². The van der Waals surface area contributed by atoms with E-state index < -0.39 is 6.09 Å². The number of alkyl carbamates (subject to hydrolysis) is 1. The van der Waals surface area contributed by atoms with Gasteiger partial charge in [0, 0.05) is 18.1 Å². The van der Waals surface area contributed by atoms with Crippen molar-refractivity contribution in [2.75, 3.05) is 19.8 Å². The largest absolute Gasteiger partial charge is 0.445 e. The minimum absolute atomic E-state index is 0.0523. The molecule has 0 spiro atoms. The van der Waals surface area contributed by atoms with Crippen LogP contribution in [0.2, 0.25) is 0 Å². The van der Waals surface area contributed by atoms with Crippen molar-refractivity contribution in [1.29, 1.82) is 0 Å². The van der Waals surface area contributed by atoms with Crippen LogP contribution < -0.4 is 10.6 Å². The van der Waals surface area contributed by atoms with Crippen molar-refractivity contribution in [3.05, 3.63) is 58.3 Å². The first-order valence-corrected chi connectivity index (χ1v) is 9.95. The summed E-state index contributed by atoms with van der Waals surface area (Å²) in [6.07, 6.45) is 1.22. The molecule has 2 N–H and O–H groups in total. The molecule has 6 nitrogen and oxygen atoms in total. The number of amides is 2. The van der Waals surface area contributed by atoms with E-state index >= 15 is 0 Å². The fraction of sp³-hybridized carbons (Fsp3) is 0.400. The van der Waals surface area contributed by atoms with Gasteiger partial charge in [-0.25, -0.2) is 4.79 Å². The maximum atomic E-state index is 12.4. The standard InChI is InChI=1S/C20H24N2O4S/c23-18(13-21-20(24)26-14-15-5-2-1-3-6-15)22-19(17-7-4-12-27-17)16-8-10-25-11-9-16/h1-7,12,16,19H,8-11,13-14H2,(H,21,24)(H,22,23). The molecule has 0 saturated carbocycles. The van der Waals surface area contributed by atoms with Gasteiger partial charge in [-0.05, 0) is 35.8 Å². The van der Waals surface area contributed by atoms with Gasteiger partial charge in [0.2, 0.25) is 5.91 Å². The van der Waals surface area contributed by atoms with Crippen molar-refractivity contribution >= 4 is 23.3 Å². The van der Waals surface area contributed by atoms with E-state index in [2.05, 4.69) is 10.6 Å². The molecule has 2 amide bonds. The number of carbonyl (C=O) groups excluding carboxylic acids is 2. The third-order valence-electron chi connectivity index (χ3n) is 4.51. The van der Waals surface area contributed by atoms with Gasteiger partial charge in [-0.3, -0.25) is 4.79 Å². The molecule has 0 radical (unpaired) electrons. The quantitative estimate of drug-likeness (QED) is 0.763. The zero-order valence-corrected chi connectivity index (χ0v) is 15.9. The molecule has 3 rings (SSSR count). The number of rotatable bonds is 7. The molecule has 1 aromatic carbocycles. The van der Waals surface area contributed by atoms with Crippen LogP contribution in [-0.2, 0) is 20.9 Å². The van der Waals surface area contributed by atoms with Crippen LogP contribution in [0.15, 0.2) is 47.8 Å². The summed E-state index contributed by atoms with van der Waals surface area (Å²) in [4.78, 5) is 25.3. The third kappa shape index (κ3) is 6.08. The van der Waals surface area contributed by atoms with E-state index in [0.717, 1.165) is 23.3 Å². The minimum Gasteiger partial charge on any atom is -0.445 e. The predicted molar refractivity (Wildman–Crippen MR) is 103 cm³/mol. The lowest BCUT2D eigenvalue weighted by Gasteiger charge is -2.30. The summed E-state index contributed by atoms with van der Waals surface area (Å²) in [6.45, 7) is 1.49. The number of hydrogen-bond donors (Lipinski definition) is 2. The lowest BCUT2D eigenvalue weighted by Crippen LogP contribution is -2.41. The Morgan fingerprint density at radius 2 is 1.93 bits per heavy atom. The van der Waals surface area contributed by atoms with Gasteiger partial charge in [-0.1, -0.05) is 36.4 Å². The summed E-state index contributed by atoms with van der Waals surface area (Å²) in [5.41, 5.74) is 0.898. The lowest BCUT2D eigenvalue weighted by molar-refractivity contribution is -0.121. The van der Waals surface area contributed by atoms with Gasteiger partial charge >= 0.3 is 6.09 Å². The number of carbonyl (C=O) groups is 2. The van der Waals surface area contributed by atoms with Gasteiger partial charge < -0.3 is 20.1 Å². The zero-order valence-electron chi connectivity index (χ0n) is 15.1. The van der Waals surface area contributed by atoms with E-state index in [0.29, 0.717) is 19.1 Å². The molecule has 1 aliphatic rings. The van der Waals surface area contributed by atoms with Crippen molar-refractivity contribution in [3.63, 3.8) is 0 Å². The average Bonchev–Trinajstić information content (AvgIpc) is 3.25. The van der Waals surface area contributed by atoms with Crippen LogP contribution >= 0.6 is 11.3 Å². The predicted octanol–water partition coefficient (Wildman–Crippen LogP) is 3.26. The van der Waals surface area contributed by atoms with Crippen LogP contribution in [0.5, 0.6) is 0 Å². The van der Waals surface area contributed by atoms with Crippen LogP contribution in [0.25, 0.3) is 0 Å². The maximum absolute atomic E-state index is 12.4. The first kappa shape index (κ1) is 19.4. The number of benzene rings is 1. The van der Waals surface area contributed by atoms with Crippen molar-refractivity contribution in [3.8, 4) is 0 Å². The summed E-state index contributed by atoms with van der Waals surface area (Å²) in [6, 6.07) is 13.4. The van der Waals surface area contributed by atoms with Gasteiger partial charge in [0.15, 0.2) is 0 Å². The van der Waals surface area contributed by atoms with Crippen molar-refractivity contribution in [2.45, 2.75) is 25.5 Å². The third-order valence-corrected chi connectivity index (χ3v) is 5.46. The molecule has 27 heavy (non-hydrogen) atoms. The number of thiophene rings is 1. The molecular weight excluding hydrogens is 364 g/mol. The normalized spacial score (nSPS) is 15.7. The molecule has 1 aliphatic heterocycles. The van der Waals surface area contributed by atoms with Crippen molar-refractivity contribution in [1.82, 2.24) is 10.6 Å². The Hall–Kier alpha value is -2.38. The van der Waals surface area contributed by atoms with Crippen LogP contribution in [0.1, 0.15) is 29.3 Å². The highest BCUT2D eigenvalue weighted by molar-refractivity contribution is 7.10. The fourth-order valence-corrected chi connectivity index (χ4v) is 3.96. The Bertz CT molecular complexity index is 715. The molecule has 2 heterocycles. The topological polar surface area (TPSA) is 76.7 Å². The minimum atomic E-state index is -0.604.